The Labute approximate surface area is 127 Å². The van der Waals surface area contributed by atoms with E-state index < -0.39 is 0 Å². The average molecular weight is 287 g/mol. The molecule has 20 heavy (non-hydrogen) atoms. The van der Waals surface area contributed by atoms with Crippen molar-refractivity contribution in [1.29, 1.82) is 0 Å². The normalized spacial score (nSPS) is 14.2. The Balaban J connectivity index is 2.07. The number of hydrogen-bond donors (Lipinski definition) is 1. The van der Waals surface area contributed by atoms with Crippen molar-refractivity contribution < 1.29 is 0 Å². The second kappa shape index (κ2) is 7.61. The van der Waals surface area contributed by atoms with Crippen molar-refractivity contribution in [3.05, 3.63) is 57.8 Å². The molecule has 0 saturated heterocycles. The zero-order valence-electron chi connectivity index (χ0n) is 12.7. The monoisotopic (exact) mass is 287 g/mol. The van der Waals surface area contributed by atoms with Crippen molar-refractivity contribution in [3.8, 4) is 0 Å². The number of nitrogens with one attached hydrogen (secondary N) is 1. The molecule has 0 saturated carbocycles. The van der Waals surface area contributed by atoms with E-state index in [1.165, 1.54) is 28.2 Å². The number of hydrogen-bond acceptors (Lipinski definition) is 2. The van der Waals surface area contributed by atoms with Gasteiger partial charge in [-0.15, -0.1) is 11.3 Å². The lowest BCUT2D eigenvalue weighted by Crippen LogP contribution is -2.24. The summed E-state index contributed by atoms with van der Waals surface area (Å²) in [5, 5.41) is 3.80. The minimum atomic E-state index is 0.414. The molecule has 1 nitrogen and oxygen atoms in total. The third-order valence-electron chi connectivity index (χ3n) is 3.69. The van der Waals surface area contributed by atoms with Gasteiger partial charge in [-0.1, -0.05) is 50.6 Å². The van der Waals surface area contributed by atoms with E-state index in [0.29, 0.717) is 12.1 Å². The molecule has 0 aliphatic carbocycles. The first-order chi connectivity index (χ1) is 9.74. The van der Waals surface area contributed by atoms with Crippen molar-refractivity contribution in [3.63, 3.8) is 0 Å². The number of rotatable bonds is 7. The molecule has 2 aromatic rings. The topological polar surface area (TPSA) is 12.0 Å². The Morgan fingerprint density at radius 2 is 1.80 bits per heavy atom. The lowest BCUT2D eigenvalue weighted by Gasteiger charge is -2.23. The van der Waals surface area contributed by atoms with Crippen molar-refractivity contribution in [2.75, 3.05) is 0 Å². The molecule has 2 atom stereocenters. The Morgan fingerprint density at radius 1 is 1.05 bits per heavy atom. The van der Waals surface area contributed by atoms with Crippen LogP contribution in [0.5, 0.6) is 0 Å². The first-order valence-electron chi connectivity index (χ1n) is 7.64. The van der Waals surface area contributed by atoms with E-state index in [0.717, 1.165) is 6.42 Å². The van der Waals surface area contributed by atoms with Crippen LogP contribution in [0.4, 0.5) is 0 Å². The van der Waals surface area contributed by atoms with Crippen LogP contribution in [0.3, 0.4) is 0 Å². The standard InChI is InChI=1S/C18H25NS/c1-4-9-17(15-10-7-6-8-11-15)19-14(3)18-13-12-16(5-2)20-18/h6-8,10-14,17,19H,4-5,9H2,1-3H3. The third-order valence-corrected chi connectivity index (χ3v) is 5.10. The molecule has 0 spiro atoms. The van der Waals surface area contributed by atoms with Gasteiger partial charge in [-0.05, 0) is 37.5 Å². The molecule has 0 aliphatic rings. The van der Waals surface area contributed by atoms with Gasteiger partial charge < -0.3 is 5.32 Å². The Hall–Kier alpha value is -1.12. The van der Waals surface area contributed by atoms with Gasteiger partial charge in [0.05, 0.1) is 0 Å². The largest absolute Gasteiger partial charge is 0.303 e. The van der Waals surface area contributed by atoms with E-state index in [4.69, 9.17) is 0 Å². The average Bonchev–Trinajstić information content (AvgIpc) is 2.97. The molecule has 2 heteroatoms. The molecular formula is C18H25NS. The molecule has 2 unspecified atom stereocenters. The molecule has 0 aliphatic heterocycles. The SMILES string of the molecule is CCCC(NC(C)c1ccc(CC)s1)c1ccccc1. The van der Waals surface area contributed by atoms with Gasteiger partial charge in [0.25, 0.3) is 0 Å². The molecule has 0 amide bonds. The molecule has 0 fully saturated rings. The van der Waals surface area contributed by atoms with Gasteiger partial charge in [0, 0.05) is 21.8 Å². The van der Waals surface area contributed by atoms with Crippen molar-refractivity contribution in [1.82, 2.24) is 5.32 Å². The van der Waals surface area contributed by atoms with E-state index in [1.54, 1.807) is 0 Å². The highest BCUT2D eigenvalue weighted by molar-refractivity contribution is 7.12. The maximum atomic E-state index is 3.80. The van der Waals surface area contributed by atoms with Crippen LogP contribution < -0.4 is 5.32 Å². The summed E-state index contributed by atoms with van der Waals surface area (Å²) in [4.78, 5) is 2.92. The fourth-order valence-electron chi connectivity index (χ4n) is 2.52. The summed E-state index contributed by atoms with van der Waals surface area (Å²) in [6.07, 6.45) is 3.51. The van der Waals surface area contributed by atoms with Crippen LogP contribution in [0.2, 0.25) is 0 Å². The summed E-state index contributed by atoms with van der Waals surface area (Å²) in [6, 6.07) is 16.2. The highest BCUT2D eigenvalue weighted by atomic mass is 32.1. The fourth-order valence-corrected chi connectivity index (χ4v) is 3.49. The first kappa shape index (κ1) is 15.3. The molecule has 108 valence electrons. The molecule has 0 radical (unpaired) electrons. The van der Waals surface area contributed by atoms with Crippen LogP contribution in [-0.4, -0.2) is 0 Å². The summed E-state index contributed by atoms with van der Waals surface area (Å²) < 4.78 is 0. The zero-order valence-corrected chi connectivity index (χ0v) is 13.5. The van der Waals surface area contributed by atoms with Crippen LogP contribution >= 0.6 is 11.3 Å². The van der Waals surface area contributed by atoms with Crippen LogP contribution in [0.25, 0.3) is 0 Å². The van der Waals surface area contributed by atoms with E-state index in [-0.39, 0.29) is 0 Å². The van der Waals surface area contributed by atoms with E-state index in [2.05, 4.69) is 68.6 Å². The Kier molecular flexibility index (Phi) is 5.81. The lowest BCUT2D eigenvalue weighted by atomic mass is 10.0. The Morgan fingerprint density at radius 3 is 2.40 bits per heavy atom. The second-order valence-electron chi connectivity index (χ2n) is 5.30. The van der Waals surface area contributed by atoms with Gasteiger partial charge in [-0.2, -0.15) is 0 Å². The predicted octanol–water partition coefficient (Wildman–Crippen LogP) is 5.50. The van der Waals surface area contributed by atoms with E-state index >= 15 is 0 Å². The van der Waals surface area contributed by atoms with Gasteiger partial charge in [0.15, 0.2) is 0 Å². The summed E-state index contributed by atoms with van der Waals surface area (Å²) in [7, 11) is 0. The molecule has 1 N–H and O–H groups in total. The molecular weight excluding hydrogens is 262 g/mol. The summed E-state index contributed by atoms with van der Waals surface area (Å²) in [5.41, 5.74) is 1.40. The van der Waals surface area contributed by atoms with Gasteiger partial charge in [-0.3, -0.25) is 0 Å². The summed E-state index contributed by atoms with van der Waals surface area (Å²) in [6.45, 7) is 6.75. The minimum Gasteiger partial charge on any atom is -0.303 e. The smallest absolute Gasteiger partial charge is 0.0391 e. The number of thiophene rings is 1. The predicted molar refractivity (Wildman–Crippen MR) is 89.3 cm³/mol. The van der Waals surface area contributed by atoms with Gasteiger partial charge in [-0.25, -0.2) is 0 Å². The lowest BCUT2D eigenvalue weighted by molar-refractivity contribution is 0.443. The summed E-state index contributed by atoms with van der Waals surface area (Å²) >= 11 is 1.93. The molecule has 2 rings (SSSR count). The minimum absolute atomic E-state index is 0.414. The number of aryl methyl sites for hydroxylation is 1. The van der Waals surface area contributed by atoms with Crippen LogP contribution in [0, 0.1) is 0 Å². The quantitative estimate of drug-likeness (QED) is 0.708. The van der Waals surface area contributed by atoms with Gasteiger partial charge in [0.2, 0.25) is 0 Å². The van der Waals surface area contributed by atoms with E-state index in [1.807, 2.05) is 11.3 Å². The van der Waals surface area contributed by atoms with Crippen LogP contribution in [0.15, 0.2) is 42.5 Å². The van der Waals surface area contributed by atoms with Gasteiger partial charge in [0.1, 0.15) is 0 Å². The fraction of sp³-hybridized carbons (Fsp3) is 0.444. The Bertz CT molecular complexity index is 503. The van der Waals surface area contributed by atoms with Crippen molar-refractivity contribution in [2.24, 2.45) is 0 Å². The highest BCUT2D eigenvalue weighted by Gasteiger charge is 2.15. The summed E-state index contributed by atoms with van der Waals surface area (Å²) in [5.74, 6) is 0. The maximum Gasteiger partial charge on any atom is 0.0391 e. The highest BCUT2D eigenvalue weighted by Crippen LogP contribution is 2.27. The molecule has 0 bridgehead atoms. The molecule has 1 aromatic carbocycles. The molecule has 1 aromatic heterocycles. The van der Waals surface area contributed by atoms with Crippen molar-refractivity contribution in [2.45, 2.75) is 52.1 Å². The third kappa shape index (κ3) is 3.94. The van der Waals surface area contributed by atoms with Crippen molar-refractivity contribution >= 4 is 11.3 Å². The van der Waals surface area contributed by atoms with Crippen LogP contribution in [0.1, 0.15) is 61.0 Å². The van der Waals surface area contributed by atoms with Crippen LogP contribution in [-0.2, 0) is 6.42 Å². The van der Waals surface area contributed by atoms with Gasteiger partial charge >= 0.3 is 0 Å². The first-order valence-corrected chi connectivity index (χ1v) is 8.45. The number of benzene rings is 1. The molecule has 1 heterocycles. The second-order valence-corrected chi connectivity index (χ2v) is 6.50. The van der Waals surface area contributed by atoms with E-state index in [9.17, 15) is 0 Å². The zero-order chi connectivity index (χ0) is 14.4. The maximum absolute atomic E-state index is 3.80.